The molecule has 2 aromatic carbocycles. The molecule has 1 N–H and O–H groups in total. The summed E-state index contributed by atoms with van der Waals surface area (Å²) in [6.07, 6.45) is 5.55. The fourth-order valence-corrected chi connectivity index (χ4v) is 2.78. The van der Waals surface area contributed by atoms with Crippen LogP contribution in [0.5, 0.6) is 0 Å². The predicted octanol–water partition coefficient (Wildman–Crippen LogP) is 2.53. The summed E-state index contributed by atoms with van der Waals surface area (Å²) >= 11 is 0. The molecule has 0 saturated carbocycles. The Balaban J connectivity index is 1.91. The molecular formula is C19H18FNO2. The number of aliphatic hydroxyl groups is 1. The second kappa shape index (κ2) is 6.41. The van der Waals surface area contributed by atoms with Crippen molar-refractivity contribution in [2.24, 2.45) is 0 Å². The van der Waals surface area contributed by atoms with E-state index in [1.165, 1.54) is 18.2 Å². The topological polar surface area (TPSA) is 32.7 Å². The number of nitrogens with zero attached hydrogens (tertiary/aromatic N) is 1. The van der Waals surface area contributed by atoms with E-state index in [9.17, 15) is 9.50 Å². The van der Waals surface area contributed by atoms with Crippen molar-refractivity contribution in [3.05, 3.63) is 65.5 Å². The third kappa shape index (κ3) is 3.07. The Bertz CT molecular complexity index is 717. The summed E-state index contributed by atoms with van der Waals surface area (Å²) in [6, 6.07) is 13.2. The van der Waals surface area contributed by atoms with Crippen LogP contribution in [-0.4, -0.2) is 31.4 Å². The Hall–Kier alpha value is -2.35. The maximum absolute atomic E-state index is 13.5. The maximum atomic E-state index is 13.5. The molecule has 2 aromatic rings. The zero-order valence-corrected chi connectivity index (χ0v) is 12.7. The van der Waals surface area contributed by atoms with Crippen LogP contribution in [-0.2, 0) is 10.3 Å². The number of hydrogen-bond donors (Lipinski definition) is 1. The van der Waals surface area contributed by atoms with Gasteiger partial charge in [-0.05, 0) is 24.3 Å². The van der Waals surface area contributed by atoms with Crippen molar-refractivity contribution in [3.63, 3.8) is 0 Å². The van der Waals surface area contributed by atoms with E-state index < -0.39 is 11.4 Å². The van der Waals surface area contributed by atoms with Gasteiger partial charge in [-0.1, -0.05) is 30.2 Å². The van der Waals surface area contributed by atoms with Crippen molar-refractivity contribution < 1.29 is 14.2 Å². The Labute approximate surface area is 135 Å². The van der Waals surface area contributed by atoms with Crippen molar-refractivity contribution in [2.45, 2.75) is 5.60 Å². The number of hydrogen-bond acceptors (Lipinski definition) is 3. The molecule has 0 aliphatic carbocycles. The third-order valence-electron chi connectivity index (χ3n) is 4.11. The minimum Gasteiger partial charge on any atom is -0.378 e. The van der Waals surface area contributed by atoms with Gasteiger partial charge in [-0.25, -0.2) is 4.39 Å². The number of rotatable bonds is 3. The van der Waals surface area contributed by atoms with E-state index in [1.54, 1.807) is 18.2 Å². The van der Waals surface area contributed by atoms with Crippen LogP contribution >= 0.6 is 0 Å². The molecule has 1 atom stereocenters. The number of morpholine rings is 1. The Kier molecular flexibility index (Phi) is 4.33. The summed E-state index contributed by atoms with van der Waals surface area (Å²) in [6.45, 7) is 3.09. The van der Waals surface area contributed by atoms with Crippen LogP contribution in [0.2, 0.25) is 0 Å². The van der Waals surface area contributed by atoms with Crippen molar-refractivity contribution in [3.8, 4) is 12.3 Å². The molecule has 0 spiro atoms. The van der Waals surface area contributed by atoms with Gasteiger partial charge in [-0.3, -0.25) is 0 Å². The molecule has 3 rings (SSSR count). The Morgan fingerprint density at radius 1 is 1.09 bits per heavy atom. The van der Waals surface area contributed by atoms with Crippen LogP contribution in [0.3, 0.4) is 0 Å². The molecule has 0 aromatic heterocycles. The van der Waals surface area contributed by atoms with E-state index in [1.807, 2.05) is 12.1 Å². The summed E-state index contributed by atoms with van der Waals surface area (Å²) in [4.78, 5) is 2.21. The molecule has 1 aliphatic rings. The van der Waals surface area contributed by atoms with Crippen molar-refractivity contribution >= 4 is 5.69 Å². The first-order chi connectivity index (χ1) is 11.1. The van der Waals surface area contributed by atoms with Crippen LogP contribution in [0.1, 0.15) is 11.1 Å². The molecule has 0 amide bonds. The Morgan fingerprint density at radius 2 is 1.78 bits per heavy atom. The van der Waals surface area contributed by atoms with Gasteiger partial charge in [0, 0.05) is 29.9 Å². The number of ether oxygens (including phenoxy) is 1. The molecule has 118 valence electrons. The highest BCUT2D eigenvalue weighted by atomic mass is 19.1. The van der Waals surface area contributed by atoms with Gasteiger partial charge in [0.15, 0.2) is 5.60 Å². The fraction of sp³-hybridized carbons (Fsp3) is 0.263. The van der Waals surface area contributed by atoms with Crippen molar-refractivity contribution in [1.82, 2.24) is 0 Å². The van der Waals surface area contributed by atoms with Crippen LogP contribution < -0.4 is 4.90 Å². The number of anilines is 1. The standard InChI is InChI=1S/C19H18FNO2/c1-2-19(22,16-4-3-5-17(20)14-16)15-6-8-18(9-7-15)21-10-12-23-13-11-21/h1,3-9,14,22H,10-13H2. The summed E-state index contributed by atoms with van der Waals surface area (Å²) in [5, 5.41) is 10.9. The monoisotopic (exact) mass is 311 g/mol. The van der Waals surface area contributed by atoms with Crippen LogP contribution in [0, 0.1) is 18.2 Å². The lowest BCUT2D eigenvalue weighted by atomic mass is 9.87. The summed E-state index contributed by atoms with van der Waals surface area (Å²) in [5.41, 5.74) is 0.295. The number of halogens is 1. The van der Waals surface area contributed by atoms with Gasteiger partial charge in [-0.15, -0.1) is 6.42 Å². The highest BCUT2D eigenvalue weighted by Gasteiger charge is 2.29. The summed E-state index contributed by atoms with van der Waals surface area (Å²) < 4.78 is 18.8. The zero-order valence-electron chi connectivity index (χ0n) is 12.7. The van der Waals surface area contributed by atoms with E-state index in [-0.39, 0.29) is 0 Å². The molecule has 3 nitrogen and oxygen atoms in total. The summed E-state index contributed by atoms with van der Waals surface area (Å²) in [7, 11) is 0. The van der Waals surface area contributed by atoms with E-state index in [4.69, 9.17) is 11.2 Å². The van der Waals surface area contributed by atoms with E-state index in [0.29, 0.717) is 24.3 Å². The average Bonchev–Trinajstić information content (AvgIpc) is 2.62. The van der Waals surface area contributed by atoms with Gasteiger partial charge in [0.25, 0.3) is 0 Å². The van der Waals surface area contributed by atoms with Gasteiger partial charge in [0.05, 0.1) is 13.2 Å². The molecule has 1 aliphatic heterocycles. The molecule has 0 bridgehead atoms. The lowest BCUT2D eigenvalue weighted by molar-refractivity contribution is 0.122. The number of benzene rings is 2. The molecule has 1 saturated heterocycles. The predicted molar refractivity (Wildman–Crippen MR) is 87.7 cm³/mol. The van der Waals surface area contributed by atoms with Gasteiger partial charge < -0.3 is 14.7 Å². The van der Waals surface area contributed by atoms with E-state index >= 15 is 0 Å². The second-order valence-corrected chi connectivity index (χ2v) is 5.51. The van der Waals surface area contributed by atoms with Crippen LogP contribution in [0.25, 0.3) is 0 Å². The zero-order chi connectivity index (χ0) is 16.3. The quantitative estimate of drug-likeness (QED) is 0.884. The van der Waals surface area contributed by atoms with Gasteiger partial charge >= 0.3 is 0 Å². The third-order valence-corrected chi connectivity index (χ3v) is 4.11. The molecule has 23 heavy (non-hydrogen) atoms. The van der Waals surface area contributed by atoms with Crippen molar-refractivity contribution in [2.75, 3.05) is 31.2 Å². The SMILES string of the molecule is C#CC(O)(c1ccc(N2CCOCC2)cc1)c1cccc(F)c1. The molecular weight excluding hydrogens is 293 g/mol. The molecule has 0 radical (unpaired) electrons. The molecule has 1 fully saturated rings. The first-order valence-electron chi connectivity index (χ1n) is 7.53. The number of terminal acetylenes is 1. The normalized spacial score (nSPS) is 17.3. The lowest BCUT2D eigenvalue weighted by Gasteiger charge is -2.30. The van der Waals surface area contributed by atoms with Gasteiger partial charge in [0.2, 0.25) is 0 Å². The smallest absolute Gasteiger partial charge is 0.176 e. The average molecular weight is 311 g/mol. The highest BCUT2D eigenvalue weighted by Crippen LogP contribution is 2.31. The lowest BCUT2D eigenvalue weighted by Crippen LogP contribution is -2.36. The minimum atomic E-state index is -1.65. The second-order valence-electron chi connectivity index (χ2n) is 5.51. The Morgan fingerprint density at radius 3 is 2.39 bits per heavy atom. The van der Waals surface area contributed by atoms with Crippen LogP contribution in [0.4, 0.5) is 10.1 Å². The first-order valence-corrected chi connectivity index (χ1v) is 7.53. The maximum Gasteiger partial charge on any atom is 0.176 e. The van der Waals surface area contributed by atoms with E-state index in [0.717, 1.165) is 18.8 Å². The largest absolute Gasteiger partial charge is 0.378 e. The fourth-order valence-electron chi connectivity index (χ4n) is 2.78. The van der Waals surface area contributed by atoms with E-state index in [2.05, 4.69) is 10.8 Å². The van der Waals surface area contributed by atoms with Crippen molar-refractivity contribution in [1.29, 1.82) is 0 Å². The first kappa shape index (κ1) is 15.5. The molecule has 4 heteroatoms. The molecule has 1 heterocycles. The molecule has 1 unspecified atom stereocenters. The van der Waals surface area contributed by atoms with Gasteiger partial charge in [0.1, 0.15) is 5.82 Å². The van der Waals surface area contributed by atoms with Gasteiger partial charge in [-0.2, -0.15) is 0 Å². The highest BCUT2D eigenvalue weighted by molar-refractivity contribution is 5.52. The summed E-state index contributed by atoms with van der Waals surface area (Å²) in [5.74, 6) is 1.96. The minimum absolute atomic E-state index is 0.346. The van der Waals surface area contributed by atoms with Crippen LogP contribution in [0.15, 0.2) is 48.5 Å².